The van der Waals surface area contributed by atoms with Gasteiger partial charge in [-0.1, -0.05) is 6.08 Å². The van der Waals surface area contributed by atoms with Gasteiger partial charge in [0.15, 0.2) is 0 Å². The lowest BCUT2D eigenvalue weighted by atomic mass is 10.5. The van der Waals surface area contributed by atoms with Gasteiger partial charge in [0.05, 0.1) is 12.6 Å². The molecule has 3 heteroatoms. The first-order chi connectivity index (χ1) is 3.77. The van der Waals surface area contributed by atoms with Gasteiger partial charge in [0, 0.05) is 7.11 Å². The summed E-state index contributed by atoms with van der Waals surface area (Å²) in [6.45, 7) is 0.313. The second kappa shape index (κ2) is 4.33. The summed E-state index contributed by atoms with van der Waals surface area (Å²) in [6, 6.07) is 0. The van der Waals surface area contributed by atoms with Crippen LogP contribution in [0.15, 0.2) is 12.2 Å². The molecule has 0 aliphatic rings. The molecular formula is C5H7O3-. The number of ether oxygens (including phenoxy) is 1. The highest BCUT2D eigenvalue weighted by molar-refractivity contribution is 5.77. The Kier molecular flexibility index (Phi) is 3.88. The molecule has 0 fully saturated rings. The monoisotopic (exact) mass is 115 g/mol. The van der Waals surface area contributed by atoms with Crippen molar-refractivity contribution in [1.29, 1.82) is 0 Å². The molecule has 46 valence electrons. The quantitative estimate of drug-likeness (QED) is 0.440. The SMILES string of the molecule is COC/C=C/C(=O)[O-]. The van der Waals surface area contributed by atoms with Crippen LogP contribution in [-0.4, -0.2) is 19.7 Å². The number of carbonyl (C=O) groups excluding carboxylic acids is 1. The number of rotatable bonds is 3. The summed E-state index contributed by atoms with van der Waals surface area (Å²) in [7, 11) is 1.49. The average Bonchev–Trinajstić information content (AvgIpc) is 1.66. The van der Waals surface area contributed by atoms with Gasteiger partial charge in [0.2, 0.25) is 0 Å². The van der Waals surface area contributed by atoms with Crippen LogP contribution in [0.25, 0.3) is 0 Å². The predicted octanol–water partition coefficient (Wildman–Crippen LogP) is -1.06. The number of carbonyl (C=O) groups is 1. The zero-order chi connectivity index (χ0) is 6.41. The van der Waals surface area contributed by atoms with Gasteiger partial charge < -0.3 is 14.6 Å². The minimum Gasteiger partial charge on any atom is -0.545 e. The topological polar surface area (TPSA) is 49.4 Å². The Morgan fingerprint density at radius 1 is 1.88 bits per heavy atom. The van der Waals surface area contributed by atoms with Crippen LogP contribution in [0.2, 0.25) is 0 Å². The third-order valence-corrected chi connectivity index (χ3v) is 0.517. The van der Waals surface area contributed by atoms with E-state index in [1.54, 1.807) is 0 Å². The molecule has 0 aromatic carbocycles. The summed E-state index contributed by atoms with van der Waals surface area (Å²) in [5.74, 6) is -1.19. The highest BCUT2D eigenvalue weighted by Crippen LogP contribution is 1.70. The molecule has 0 bridgehead atoms. The van der Waals surface area contributed by atoms with Crippen molar-refractivity contribution >= 4 is 5.97 Å². The van der Waals surface area contributed by atoms with Crippen molar-refractivity contribution in [3.05, 3.63) is 12.2 Å². The smallest absolute Gasteiger partial charge is 0.0647 e. The summed E-state index contributed by atoms with van der Waals surface area (Å²) in [5, 5.41) is 9.62. The fourth-order valence-corrected chi connectivity index (χ4v) is 0.241. The lowest BCUT2D eigenvalue weighted by molar-refractivity contribution is -0.297. The van der Waals surface area contributed by atoms with Crippen molar-refractivity contribution in [2.45, 2.75) is 0 Å². The highest BCUT2D eigenvalue weighted by atomic mass is 16.5. The Labute approximate surface area is 47.6 Å². The molecule has 0 rings (SSSR count). The Hall–Kier alpha value is -0.830. The summed E-state index contributed by atoms with van der Waals surface area (Å²) in [5.41, 5.74) is 0. The van der Waals surface area contributed by atoms with E-state index in [-0.39, 0.29) is 0 Å². The van der Waals surface area contributed by atoms with E-state index in [2.05, 4.69) is 4.74 Å². The summed E-state index contributed by atoms with van der Waals surface area (Å²) < 4.78 is 4.51. The molecule has 0 atom stereocenters. The summed E-state index contributed by atoms with van der Waals surface area (Å²) in [6.07, 6.45) is 2.30. The van der Waals surface area contributed by atoms with E-state index in [4.69, 9.17) is 0 Å². The average molecular weight is 115 g/mol. The normalized spacial score (nSPS) is 10.1. The highest BCUT2D eigenvalue weighted by Gasteiger charge is 1.70. The number of methoxy groups -OCH3 is 1. The Morgan fingerprint density at radius 2 is 2.50 bits per heavy atom. The third-order valence-electron chi connectivity index (χ3n) is 0.517. The van der Waals surface area contributed by atoms with E-state index in [1.807, 2.05) is 0 Å². The van der Waals surface area contributed by atoms with Crippen LogP contribution in [0, 0.1) is 0 Å². The zero-order valence-corrected chi connectivity index (χ0v) is 4.59. The lowest BCUT2D eigenvalue weighted by Crippen LogP contribution is -2.18. The number of carboxylic acids is 1. The second-order valence-electron chi connectivity index (χ2n) is 1.18. The predicted molar refractivity (Wildman–Crippen MR) is 26.0 cm³/mol. The summed E-state index contributed by atoms with van der Waals surface area (Å²) in [4.78, 5) is 9.62. The van der Waals surface area contributed by atoms with Gasteiger partial charge in [-0.2, -0.15) is 0 Å². The number of aliphatic carboxylic acids is 1. The molecule has 0 spiro atoms. The van der Waals surface area contributed by atoms with Crippen molar-refractivity contribution < 1.29 is 14.6 Å². The fourth-order valence-electron chi connectivity index (χ4n) is 0.241. The Morgan fingerprint density at radius 3 is 2.88 bits per heavy atom. The Balaban J connectivity index is 3.20. The van der Waals surface area contributed by atoms with Crippen molar-refractivity contribution in [3.8, 4) is 0 Å². The second-order valence-corrected chi connectivity index (χ2v) is 1.18. The van der Waals surface area contributed by atoms with Crippen molar-refractivity contribution in [1.82, 2.24) is 0 Å². The molecule has 0 saturated heterocycles. The number of hydrogen-bond acceptors (Lipinski definition) is 3. The van der Waals surface area contributed by atoms with Crippen LogP contribution in [0.3, 0.4) is 0 Å². The van der Waals surface area contributed by atoms with Gasteiger partial charge >= 0.3 is 0 Å². The van der Waals surface area contributed by atoms with Crippen LogP contribution in [0.5, 0.6) is 0 Å². The van der Waals surface area contributed by atoms with Crippen LogP contribution in [-0.2, 0) is 9.53 Å². The van der Waals surface area contributed by atoms with Gasteiger partial charge in [-0.05, 0) is 6.08 Å². The third kappa shape index (κ3) is 5.17. The van der Waals surface area contributed by atoms with Gasteiger partial charge in [-0.3, -0.25) is 0 Å². The maximum Gasteiger partial charge on any atom is 0.0647 e. The van der Waals surface area contributed by atoms with E-state index in [9.17, 15) is 9.90 Å². The van der Waals surface area contributed by atoms with Gasteiger partial charge in [-0.25, -0.2) is 0 Å². The molecule has 0 radical (unpaired) electrons. The minimum atomic E-state index is -1.19. The molecule has 0 aliphatic heterocycles. The minimum absolute atomic E-state index is 0.313. The molecule has 0 N–H and O–H groups in total. The van der Waals surface area contributed by atoms with Crippen LogP contribution in [0.4, 0.5) is 0 Å². The van der Waals surface area contributed by atoms with Crippen LogP contribution in [0.1, 0.15) is 0 Å². The standard InChI is InChI=1S/C5H8O3/c1-8-4-2-3-5(6)7/h2-3H,4H2,1H3,(H,6,7)/p-1/b3-2+. The number of carboxylic acid groups (broad SMARTS) is 1. The lowest BCUT2D eigenvalue weighted by Gasteiger charge is -1.89. The first-order valence-corrected chi connectivity index (χ1v) is 2.14. The maximum absolute atomic E-state index is 9.62. The summed E-state index contributed by atoms with van der Waals surface area (Å²) >= 11 is 0. The van der Waals surface area contributed by atoms with Crippen molar-refractivity contribution in [2.75, 3.05) is 13.7 Å². The molecule has 0 aromatic heterocycles. The molecule has 0 heterocycles. The molecule has 8 heavy (non-hydrogen) atoms. The van der Waals surface area contributed by atoms with Gasteiger partial charge in [-0.15, -0.1) is 0 Å². The van der Waals surface area contributed by atoms with E-state index in [0.717, 1.165) is 6.08 Å². The molecule has 0 saturated carbocycles. The van der Waals surface area contributed by atoms with Gasteiger partial charge in [0.1, 0.15) is 0 Å². The van der Waals surface area contributed by atoms with E-state index >= 15 is 0 Å². The maximum atomic E-state index is 9.62. The zero-order valence-electron chi connectivity index (χ0n) is 4.59. The van der Waals surface area contributed by atoms with Crippen LogP contribution >= 0.6 is 0 Å². The first kappa shape index (κ1) is 7.17. The van der Waals surface area contributed by atoms with E-state index in [0.29, 0.717) is 6.61 Å². The van der Waals surface area contributed by atoms with Gasteiger partial charge in [0.25, 0.3) is 0 Å². The molecule has 3 nitrogen and oxygen atoms in total. The van der Waals surface area contributed by atoms with Crippen molar-refractivity contribution in [3.63, 3.8) is 0 Å². The molecule has 0 aromatic rings. The van der Waals surface area contributed by atoms with E-state index < -0.39 is 5.97 Å². The fraction of sp³-hybridized carbons (Fsp3) is 0.400. The largest absolute Gasteiger partial charge is 0.545 e. The molecule has 0 unspecified atom stereocenters. The first-order valence-electron chi connectivity index (χ1n) is 2.14. The van der Waals surface area contributed by atoms with E-state index in [1.165, 1.54) is 13.2 Å². The molecular weight excluding hydrogens is 108 g/mol. The molecule has 0 amide bonds. The van der Waals surface area contributed by atoms with Crippen LogP contribution < -0.4 is 5.11 Å². The molecule has 0 aliphatic carbocycles. The Bertz CT molecular complexity index is 95.8. The number of hydrogen-bond donors (Lipinski definition) is 0. The van der Waals surface area contributed by atoms with Crippen molar-refractivity contribution in [2.24, 2.45) is 0 Å².